The molecule has 12 atom stereocenters. The van der Waals surface area contributed by atoms with E-state index in [1.807, 2.05) is 95.2 Å². The van der Waals surface area contributed by atoms with E-state index in [0.29, 0.717) is 6.42 Å². The van der Waals surface area contributed by atoms with Gasteiger partial charge in [-0.25, -0.2) is 9.59 Å². The summed E-state index contributed by atoms with van der Waals surface area (Å²) in [4.78, 5) is 140. The van der Waals surface area contributed by atoms with Crippen molar-refractivity contribution < 1.29 is 57.4 Å². The molecule has 75 heavy (non-hydrogen) atoms. The smallest absolute Gasteiger partial charge is 0.328 e. The summed E-state index contributed by atoms with van der Waals surface area (Å²) in [6.07, 6.45) is 5.62. The number of carbonyl (C=O) groups excluding carboxylic acids is 10. The molecular weight excluding hydrogens is 1000 g/mol. The van der Waals surface area contributed by atoms with E-state index in [0.717, 1.165) is 21.6 Å². The molecule has 2 bridgehead atoms. The Balaban J connectivity index is 2.17. The van der Waals surface area contributed by atoms with E-state index in [-0.39, 0.29) is 99.0 Å². The molecular formula is C53H88N8O12S2. The Hall–Kier alpha value is -4.86. The molecule has 3 unspecified atom stereocenters. The first-order chi connectivity index (χ1) is 35.1. The van der Waals surface area contributed by atoms with Crippen LogP contribution in [0, 0.1) is 59.2 Å². The molecule has 1 heterocycles. The summed E-state index contributed by atoms with van der Waals surface area (Å²) >= 11 is 0. The van der Waals surface area contributed by atoms with Crippen molar-refractivity contribution in [2.24, 2.45) is 59.2 Å². The number of hydrogen-bond donors (Lipinski definition) is 8. The van der Waals surface area contributed by atoms with Crippen LogP contribution in [0.5, 0.6) is 0 Å². The van der Waals surface area contributed by atoms with Crippen molar-refractivity contribution in [1.82, 2.24) is 42.5 Å². The minimum atomic E-state index is -1.23. The largest absolute Gasteiger partial charge is 0.467 e. The van der Waals surface area contributed by atoms with E-state index in [4.69, 9.17) is 9.47 Å². The topological polar surface area (TPSA) is 285 Å². The Kier molecular flexibility index (Phi) is 26.4. The first kappa shape index (κ1) is 64.4. The van der Waals surface area contributed by atoms with E-state index < -0.39 is 118 Å². The number of allylic oxidation sites excluding steroid dienone is 2. The van der Waals surface area contributed by atoms with E-state index in [9.17, 15) is 47.9 Å². The number of hydrogen-bond acceptors (Lipinski definition) is 14. The number of esters is 2. The van der Waals surface area contributed by atoms with Crippen molar-refractivity contribution in [2.75, 3.05) is 27.3 Å². The highest BCUT2D eigenvalue weighted by Gasteiger charge is 2.52. The van der Waals surface area contributed by atoms with Gasteiger partial charge in [0.1, 0.15) is 46.8 Å². The average molecular weight is 1090 g/mol. The third kappa shape index (κ3) is 20.6. The Morgan fingerprint density at radius 2 is 0.813 bits per heavy atom. The second kappa shape index (κ2) is 30.8. The van der Waals surface area contributed by atoms with E-state index in [1.54, 1.807) is 0 Å². The SMILES string of the molecule is COC(=O)[C@H](CC(C)C)NC(=O)[C@H](CC(C)C)NC(=O)C1CNC(=O)C(CC(C)C)NC(=O)[C@@H]2[C@H](C(=O)N[C@@H](CC(C)C)C(=O)NCC(C(=O)N[C@@H](CC(C)C)C(=O)N[C@@H](CC(C)C)C(=O)OC)SS1)[C@@H]1C=C[C@H]2C1. The summed E-state index contributed by atoms with van der Waals surface area (Å²) in [5, 5.41) is 20.2. The summed E-state index contributed by atoms with van der Waals surface area (Å²) in [5.41, 5.74) is 0. The van der Waals surface area contributed by atoms with Crippen LogP contribution in [-0.2, 0) is 57.4 Å². The van der Waals surface area contributed by atoms with Crippen LogP contribution in [0.1, 0.15) is 128 Å². The van der Waals surface area contributed by atoms with Crippen molar-refractivity contribution in [3.05, 3.63) is 12.2 Å². The van der Waals surface area contributed by atoms with Crippen molar-refractivity contribution in [3.63, 3.8) is 0 Å². The minimum absolute atomic E-state index is 0.000823. The molecule has 1 aliphatic heterocycles. The number of rotatable bonds is 22. The summed E-state index contributed by atoms with van der Waals surface area (Å²) in [6.45, 7) is 21.8. The lowest BCUT2D eigenvalue weighted by Crippen LogP contribution is -2.57. The third-order valence-electron chi connectivity index (χ3n) is 13.2. The average Bonchev–Trinajstić information content (AvgIpc) is 3.94. The van der Waals surface area contributed by atoms with Crippen LogP contribution in [0.25, 0.3) is 0 Å². The normalized spacial score (nSPS) is 25.2. The fraction of sp³-hybridized carbons (Fsp3) is 0.774. The highest BCUT2D eigenvalue weighted by Crippen LogP contribution is 2.48. The van der Waals surface area contributed by atoms with Crippen LogP contribution in [0.15, 0.2) is 12.2 Å². The third-order valence-corrected chi connectivity index (χ3v) is 16.3. The number of carbonyl (C=O) groups is 10. The predicted octanol–water partition coefficient (Wildman–Crippen LogP) is 3.32. The van der Waals surface area contributed by atoms with Crippen LogP contribution in [-0.4, -0.2) is 133 Å². The Morgan fingerprint density at radius 1 is 0.493 bits per heavy atom. The van der Waals surface area contributed by atoms with E-state index in [2.05, 4.69) is 42.5 Å². The quantitative estimate of drug-likeness (QED) is 0.0439. The molecule has 20 nitrogen and oxygen atoms in total. The lowest BCUT2D eigenvalue weighted by atomic mass is 9.81. The minimum Gasteiger partial charge on any atom is -0.467 e. The summed E-state index contributed by atoms with van der Waals surface area (Å²) in [7, 11) is 4.20. The molecule has 0 aromatic carbocycles. The van der Waals surface area contributed by atoms with Gasteiger partial charge in [-0.3, -0.25) is 38.4 Å². The predicted molar refractivity (Wildman–Crippen MR) is 289 cm³/mol. The monoisotopic (exact) mass is 1090 g/mol. The van der Waals surface area contributed by atoms with Crippen LogP contribution >= 0.6 is 21.6 Å². The molecule has 0 spiro atoms. The molecule has 8 N–H and O–H groups in total. The maximum Gasteiger partial charge on any atom is 0.328 e. The van der Waals surface area contributed by atoms with Gasteiger partial charge in [0.2, 0.25) is 47.3 Å². The van der Waals surface area contributed by atoms with Gasteiger partial charge in [0.15, 0.2) is 0 Å². The van der Waals surface area contributed by atoms with Gasteiger partial charge in [-0.15, -0.1) is 0 Å². The molecule has 3 aliphatic rings. The molecule has 1 saturated carbocycles. The van der Waals surface area contributed by atoms with Gasteiger partial charge in [0.25, 0.3) is 0 Å². The lowest BCUT2D eigenvalue weighted by Gasteiger charge is -2.31. The molecule has 0 aromatic rings. The highest BCUT2D eigenvalue weighted by molar-refractivity contribution is 8.77. The number of amides is 8. The second-order valence-electron chi connectivity index (χ2n) is 22.9. The standard InChI is InChI=1S/C53H88N8O12S2/c1-26(2)17-34-44(62)54-24-40(48(66)56-36(19-28(5)6)46(64)60-38(21-30(9)10)52(70)72-13)74-75-41(49(67)57-37(20-29(7)8)47(65)61-39(22-31(11)12)53(71)73-14)25-55-45(63)35(18-27(3)4)59-51(69)43-33-16-15-32(23-33)42(43)50(68)58-34/h15-16,26-43H,17-25H2,1-14H3,(H,54,62)(H,55,63)(H,56,66)(H,57,67)(H,58,68)(H,59,69)(H,60,64)(H,61,65)/t32-,33+,34+,35?,36+,37+,38+,39+,40?,41?,42-,43+/m1/s1. The van der Waals surface area contributed by atoms with Gasteiger partial charge in [-0.2, -0.15) is 0 Å². The van der Waals surface area contributed by atoms with Gasteiger partial charge >= 0.3 is 11.9 Å². The maximum absolute atomic E-state index is 14.7. The van der Waals surface area contributed by atoms with E-state index >= 15 is 0 Å². The molecule has 2 aliphatic carbocycles. The zero-order valence-electron chi connectivity index (χ0n) is 46.6. The molecule has 2 fully saturated rings. The van der Waals surface area contributed by atoms with Crippen LogP contribution in [0.4, 0.5) is 0 Å². The molecule has 8 amide bonds. The zero-order valence-corrected chi connectivity index (χ0v) is 48.3. The Labute approximate surface area is 452 Å². The zero-order chi connectivity index (χ0) is 56.4. The molecule has 22 heteroatoms. The van der Waals surface area contributed by atoms with Crippen LogP contribution in [0.2, 0.25) is 0 Å². The number of methoxy groups -OCH3 is 2. The fourth-order valence-electron chi connectivity index (χ4n) is 9.72. The first-order valence-electron chi connectivity index (χ1n) is 26.7. The molecule has 1 saturated heterocycles. The second-order valence-corrected chi connectivity index (χ2v) is 25.5. The van der Waals surface area contributed by atoms with Crippen LogP contribution in [0.3, 0.4) is 0 Å². The van der Waals surface area contributed by atoms with Gasteiger partial charge in [0, 0.05) is 13.1 Å². The maximum atomic E-state index is 14.7. The summed E-state index contributed by atoms with van der Waals surface area (Å²) < 4.78 is 9.95. The Bertz CT molecular complexity index is 1900. The van der Waals surface area contributed by atoms with Gasteiger partial charge in [-0.05, 0) is 92.3 Å². The van der Waals surface area contributed by atoms with Crippen molar-refractivity contribution in [2.45, 2.75) is 175 Å². The molecule has 0 aromatic heterocycles. The fourth-order valence-corrected chi connectivity index (χ4v) is 12.3. The highest BCUT2D eigenvalue weighted by atomic mass is 33.1. The molecule has 424 valence electrons. The van der Waals surface area contributed by atoms with Gasteiger partial charge < -0.3 is 52.0 Å². The summed E-state index contributed by atoms with van der Waals surface area (Å²) in [5.74, 6) is -8.82. The molecule has 3 rings (SSSR count). The molecule has 0 radical (unpaired) electrons. The van der Waals surface area contributed by atoms with Crippen molar-refractivity contribution in [1.29, 1.82) is 0 Å². The Morgan fingerprint density at radius 3 is 1.11 bits per heavy atom. The lowest BCUT2D eigenvalue weighted by molar-refractivity contribution is -0.146. The van der Waals surface area contributed by atoms with E-state index in [1.165, 1.54) is 14.2 Å². The van der Waals surface area contributed by atoms with Crippen molar-refractivity contribution in [3.8, 4) is 0 Å². The number of ether oxygens (including phenoxy) is 2. The van der Waals surface area contributed by atoms with Gasteiger partial charge in [-0.1, -0.05) is 117 Å². The van der Waals surface area contributed by atoms with Gasteiger partial charge in [0.05, 0.1) is 26.1 Å². The number of fused-ring (bicyclic) bond motifs is 5. The first-order valence-corrected chi connectivity index (χ1v) is 29.0. The summed E-state index contributed by atoms with van der Waals surface area (Å²) in [6, 6.07) is -6.48. The number of nitrogens with one attached hydrogen (secondary N) is 8. The van der Waals surface area contributed by atoms with Crippen molar-refractivity contribution >= 4 is 80.8 Å². The van der Waals surface area contributed by atoms with Crippen LogP contribution < -0.4 is 42.5 Å².